The van der Waals surface area contributed by atoms with Gasteiger partial charge in [0, 0.05) is 24.7 Å². The Balaban J connectivity index is 1.44. The number of hydrogen-bond acceptors (Lipinski definition) is 5. The molecule has 1 aromatic heterocycles. The number of nitrogens with one attached hydrogen (secondary N) is 1. The third kappa shape index (κ3) is 4.66. The quantitative estimate of drug-likeness (QED) is 0.566. The van der Waals surface area contributed by atoms with Crippen LogP contribution >= 0.6 is 0 Å². The van der Waals surface area contributed by atoms with E-state index in [1.165, 1.54) is 32.1 Å². The van der Waals surface area contributed by atoms with Crippen molar-refractivity contribution in [3.63, 3.8) is 0 Å². The van der Waals surface area contributed by atoms with Gasteiger partial charge in [-0.15, -0.1) is 0 Å². The molecule has 2 heterocycles. The highest BCUT2D eigenvalue weighted by molar-refractivity contribution is 5.84. The molecule has 0 aromatic carbocycles. The zero-order valence-electron chi connectivity index (χ0n) is 20.5. The van der Waals surface area contributed by atoms with Crippen LogP contribution in [-0.2, 0) is 0 Å². The Bertz CT molecular complexity index is 778. The number of nitrogens with zero attached hydrogens (tertiary/aromatic N) is 4. The minimum Gasteiger partial charge on any atom is -0.341 e. The van der Waals surface area contributed by atoms with Crippen LogP contribution in [0.25, 0.3) is 0 Å². The first-order valence-electron chi connectivity index (χ1n) is 12.7. The maximum atomic E-state index is 8.30. The maximum absolute atomic E-state index is 8.30. The highest BCUT2D eigenvalue weighted by Gasteiger charge is 2.50. The Morgan fingerprint density at radius 3 is 2.35 bits per heavy atom. The van der Waals surface area contributed by atoms with E-state index in [2.05, 4.69) is 49.5 Å². The largest absolute Gasteiger partial charge is 0.341 e. The molecule has 1 N–H and O–H groups in total. The Hall–Kier alpha value is -1.52. The molecule has 31 heavy (non-hydrogen) atoms. The molecule has 0 amide bonds. The molecule has 3 unspecified atom stereocenters. The molecular weight excluding hydrogens is 382 g/mol. The fourth-order valence-electron chi connectivity index (χ4n) is 6.77. The SMILES string of the molecule is CCCC(=N)C1CCN(c2ncnc(C3CCC4C(C3)C(C)(C)CCC4(C)C)n2)CC1. The lowest BCUT2D eigenvalue weighted by Gasteiger charge is -2.55. The molecule has 0 spiro atoms. The fourth-order valence-corrected chi connectivity index (χ4v) is 6.77. The van der Waals surface area contributed by atoms with Gasteiger partial charge in [-0.1, -0.05) is 41.0 Å². The van der Waals surface area contributed by atoms with Crippen LogP contribution in [0.4, 0.5) is 5.95 Å². The van der Waals surface area contributed by atoms with Crippen molar-refractivity contribution in [1.29, 1.82) is 5.41 Å². The van der Waals surface area contributed by atoms with Crippen LogP contribution in [-0.4, -0.2) is 33.8 Å². The van der Waals surface area contributed by atoms with E-state index in [-0.39, 0.29) is 0 Å². The first kappa shape index (κ1) is 22.7. The fraction of sp³-hybridized carbons (Fsp3) is 0.846. The van der Waals surface area contributed by atoms with E-state index < -0.39 is 0 Å². The summed E-state index contributed by atoms with van der Waals surface area (Å²) in [4.78, 5) is 16.5. The second-order valence-electron chi connectivity index (χ2n) is 11.9. The van der Waals surface area contributed by atoms with Crippen molar-refractivity contribution in [2.24, 2.45) is 28.6 Å². The molecule has 172 valence electrons. The van der Waals surface area contributed by atoms with Gasteiger partial charge in [-0.25, -0.2) is 9.97 Å². The summed E-state index contributed by atoms with van der Waals surface area (Å²) >= 11 is 0. The van der Waals surface area contributed by atoms with E-state index in [9.17, 15) is 0 Å². The zero-order chi connectivity index (χ0) is 22.2. The van der Waals surface area contributed by atoms with Gasteiger partial charge in [0.1, 0.15) is 12.2 Å². The van der Waals surface area contributed by atoms with Gasteiger partial charge < -0.3 is 10.3 Å². The third-order valence-corrected chi connectivity index (χ3v) is 9.00. The number of anilines is 1. The lowest BCUT2D eigenvalue weighted by molar-refractivity contribution is -0.0505. The van der Waals surface area contributed by atoms with Crippen molar-refractivity contribution < 1.29 is 0 Å². The van der Waals surface area contributed by atoms with E-state index in [4.69, 9.17) is 10.4 Å². The Kier molecular flexibility index (Phi) is 6.42. The minimum absolute atomic E-state index is 0.416. The summed E-state index contributed by atoms with van der Waals surface area (Å²) in [7, 11) is 0. The summed E-state index contributed by atoms with van der Waals surface area (Å²) in [5, 5.41) is 8.30. The molecule has 3 atom stereocenters. The first-order chi connectivity index (χ1) is 14.7. The minimum atomic E-state index is 0.416. The number of piperidine rings is 1. The summed E-state index contributed by atoms with van der Waals surface area (Å²) in [5.74, 6) is 4.37. The lowest BCUT2D eigenvalue weighted by atomic mass is 9.50. The van der Waals surface area contributed by atoms with Gasteiger partial charge in [0.25, 0.3) is 0 Å². The van der Waals surface area contributed by atoms with Crippen molar-refractivity contribution in [3.8, 4) is 0 Å². The van der Waals surface area contributed by atoms with Gasteiger partial charge in [0.15, 0.2) is 0 Å². The maximum Gasteiger partial charge on any atom is 0.228 e. The van der Waals surface area contributed by atoms with Crippen LogP contribution in [0.5, 0.6) is 0 Å². The molecule has 0 radical (unpaired) electrons. The van der Waals surface area contributed by atoms with E-state index in [1.807, 2.05) is 0 Å². The summed E-state index contributed by atoms with van der Waals surface area (Å²) in [6.45, 7) is 14.0. The topological polar surface area (TPSA) is 65.8 Å². The van der Waals surface area contributed by atoms with Crippen LogP contribution in [0.3, 0.4) is 0 Å². The molecule has 5 nitrogen and oxygen atoms in total. The third-order valence-electron chi connectivity index (χ3n) is 9.00. The van der Waals surface area contributed by atoms with Crippen LogP contribution < -0.4 is 4.90 Å². The van der Waals surface area contributed by atoms with Crippen molar-refractivity contribution in [2.75, 3.05) is 18.0 Å². The molecule has 2 aliphatic carbocycles. The molecule has 5 heteroatoms. The van der Waals surface area contributed by atoms with Gasteiger partial charge in [-0.3, -0.25) is 0 Å². The average molecular weight is 426 g/mol. The molecule has 1 aliphatic heterocycles. The van der Waals surface area contributed by atoms with E-state index >= 15 is 0 Å². The smallest absolute Gasteiger partial charge is 0.228 e. The van der Waals surface area contributed by atoms with Crippen molar-refractivity contribution in [1.82, 2.24) is 15.0 Å². The summed E-state index contributed by atoms with van der Waals surface area (Å²) in [6.07, 6.45) is 12.3. The van der Waals surface area contributed by atoms with E-state index in [0.717, 1.165) is 68.1 Å². The molecule has 3 aliphatic rings. The number of rotatable bonds is 5. The lowest BCUT2D eigenvalue weighted by Crippen LogP contribution is -2.47. The van der Waals surface area contributed by atoms with Crippen molar-refractivity contribution >= 4 is 11.7 Å². The monoisotopic (exact) mass is 425 g/mol. The van der Waals surface area contributed by atoms with Crippen molar-refractivity contribution in [3.05, 3.63) is 12.2 Å². The number of aromatic nitrogens is 3. The number of hydrogen-bond donors (Lipinski definition) is 1. The first-order valence-corrected chi connectivity index (χ1v) is 12.7. The molecule has 3 fully saturated rings. The molecule has 1 aromatic rings. The van der Waals surface area contributed by atoms with E-state index in [0.29, 0.717) is 22.7 Å². The number of fused-ring (bicyclic) bond motifs is 1. The Morgan fingerprint density at radius 2 is 1.68 bits per heavy atom. The van der Waals surface area contributed by atoms with Crippen LogP contribution in [0.1, 0.15) is 104 Å². The standard InChI is InChI=1S/C26H43N5/c1-6-7-22(27)18-10-14-31(15-11-18)24-29-17-28-23(30-24)19-8-9-20-21(16-19)26(4,5)13-12-25(20,2)3/h17-21,27H,6-16H2,1-5H3. The van der Waals surface area contributed by atoms with Crippen LogP contribution in [0.15, 0.2) is 6.33 Å². The summed E-state index contributed by atoms with van der Waals surface area (Å²) in [5.41, 5.74) is 1.82. The van der Waals surface area contributed by atoms with E-state index in [1.54, 1.807) is 6.33 Å². The molecule has 4 rings (SSSR count). The molecular formula is C26H43N5. The average Bonchev–Trinajstić information content (AvgIpc) is 2.77. The predicted octanol–water partition coefficient (Wildman–Crippen LogP) is 6.25. The van der Waals surface area contributed by atoms with Gasteiger partial charge >= 0.3 is 0 Å². The molecule has 0 bridgehead atoms. The van der Waals surface area contributed by atoms with Crippen molar-refractivity contribution in [2.45, 2.75) is 98.3 Å². The van der Waals surface area contributed by atoms with Crippen LogP contribution in [0.2, 0.25) is 0 Å². The van der Waals surface area contributed by atoms with Gasteiger partial charge in [-0.05, 0) is 80.0 Å². The summed E-state index contributed by atoms with van der Waals surface area (Å²) < 4.78 is 0. The predicted molar refractivity (Wildman–Crippen MR) is 128 cm³/mol. The van der Waals surface area contributed by atoms with Gasteiger partial charge in [-0.2, -0.15) is 4.98 Å². The van der Waals surface area contributed by atoms with Gasteiger partial charge in [0.05, 0.1) is 0 Å². The van der Waals surface area contributed by atoms with Crippen LogP contribution in [0, 0.1) is 34.0 Å². The molecule has 2 saturated carbocycles. The Morgan fingerprint density at radius 1 is 1.00 bits per heavy atom. The Labute approximate surface area is 189 Å². The summed E-state index contributed by atoms with van der Waals surface area (Å²) in [6, 6.07) is 0. The second-order valence-corrected chi connectivity index (χ2v) is 11.9. The normalized spacial score (nSPS) is 30.6. The molecule has 1 saturated heterocycles. The zero-order valence-corrected chi connectivity index (χ0v) is 20.5. The second kappa shape index (κ2) is 8.78. The highest BCUT2D eigenvalue weighted by atomic mass is 15.3. The highest BCUT2D eigenvalue weighted by Crippen LogP contribution is 2.59. The van der Waals surface area contributed by atoms with Gasteiger partial charge in [0.2, 0.25) is 5.95 Å².